The largest absolute Gasteiger partial charge is 0.353 e. The first-order valence-corrected chi connectivity index (χ1v) is 7.95. The highest BCUT2D eigenvalue weighted by atomic mass is 15.4. The fourth-order valence-corrected chi connectivity index (χ4v) is 3.48. The molecule has 0 aliphatic carbocycles. The summed E-state index contributed by atoms with van der Waals surface area (Å²) in [7, 11) is 1.98. The molecule has 4 heteroatoms. The van der Waals surface area contributed by atoms with Crippen molar-refractivity contribution in [3.05, 3.63) is 57.9 Å². The third kappa shape index (κ3) is 2.12. The summed E-state index contributed by atoms with van der Waals surface area (Å²) in [5, 5.41) is 9.50. The number of benzene rings is 2. The molecule has 1 aliphatic heterocycles. The van der Waals surface area contributed by atoms with Crippen LogP contribution in [0.5, 0.6) is 0 Å². The van der Waals surface area contributed by atoms with E-state index in [0.717, 1.165) is 17.1 Å². The molecule has 120 valence electrons. The molecular formula is C20H20N4. The van der Waals surface area contributed by atoms with E-state index in [2.05, 4.69) is 60.5 Å². The lowest BCUT2D eigenvalue weighted by atomic mass is 10.0. The topological polar surface area (TPSA) is 34.6 Å². The normalized spacial score (nSPS) is 15.9. The van der Waals surface area contributed by atoms with E-state index in [1.165, 1.54) is 16.7 Å². The van der Waals surface area contributed by atoms with Gasteiger partial charge in [-0.15, -0.1) is 0 Å². The summed E-state index contributed by atoms with van der Waals surface area (Å²) in [5.41, 5.74) is 7.60. The van der Waals surface area contributed by atoms with Crippen molar-refractivity contribution in [2.75, 3.05) is 16.8 Å². The Labute approximate surface area is 143 Å². The van der Waals surface area contributed by atoms with Crippen molar-refractivity contribution >= 4 is 22.7 Å². The molecule has 0 bridgehead atoms. The lowest BCUT2D eigenvalue weighted by Crippen LogP contribution is -2.36. The molecule has 0 fully saturated rings. The van der Waals surface area contributed by atoms with Crippen molar-refractivity contribution in [1.82, 2.24) is 0 Å². The Bertz CT molecular complexity index is 915. The van der Waals surface area contributed by atoms with Crippen LogP contribution in [0.25, 0.3) is 4.85 Å². The van der Waals surface area contributed by atoms with Gasteiger partial charge in [0.05, 0.1) is 23.5 Å². The molecule has 2 aromatic rings. The second-order valence-electron chi connectivity index (χ2n) is 6.39. The molecule has 0 aromatic heterocycles. The average molecular weight is 316 g/mol. The molecule has 4 nitrogen and oxygen atoms in total. The van der Waals surface area contributed by atoms with Gasteiger partial charge in [-0.3, -0.25) is 0 Å². The number of hydrogen-bond acceptors (Lipinski definition) is 3. The van der Waals surface area contributed by atoms with Gasteiger partial charge in [-0.2, -0.15) is 5.26 Å². The predicted molar refractivity (Wildman–Crippen MR) is 98.1 cm³/mol. The van der Waals surface area contributed by atoms with Crippen LogP contribution < -0.4 is 9.80 Å². The van der Waals surface area contributed by atoms with Crippen LogP contribution in [0.4, 0.5) is 22.7 Å². The van der Waals surface area contributed by atoms with Gasteiger partial charge in [-0.25, -0.2) is 4.85 Å². The van der Waals surface area contributed by atoms with Crippen molar-refractivity contribution < 1.29 is 0 Å². The molecule has 2 aromatic carbocycles. The van der Waals surface area contributed by atoms with E-state index >= 15 is 0 Å². The van der Waals surface area contributed by atoms with E-state index < -0.39 is 0 Å². The van der Waals surface area contributed by atoms with Gasteiger partial charge in [0.15, 0.2) is 0 Å². The third-order valence-corrected chi connectivity index (χ3v) is 4.94. The molecule has 24 heavy (non-hydrogen) atoms. The van der Waals surface area contributed by atoms with Gasteiger partial charge in [-0.1, -0.05) is 18.2 Å². The quantitative estimate of drug-likeness (QED) is 0.697. The smallest absolute Gasteiger partial charge is 0.212 e. The summed E-state index contributed by atoms with van der Waals surface area (Å²) in [4.78, 5) is 7.99. The van der Waals surface area contributed by atoms with Crippen molar-refractivity contribution in [2.45, 2.75) is 33.9 Å². The maximum atomic E-state index is 9.50. The van der Waals surface area contributed by atoms with Gasteiger partial charge in [-0.05, 0) is 50.5 Å². The van der Waals surface area contributed by atoms with Gasteiger partial charge < -0.3 is 9.80 Å². The third-order valence-electron chi connectivity index (χ3n) is 4.94. The minimum Gasteiger partial charge on any atom is -0.353 e. The highest BCUT2D eigenvalue weighted by Gasteiger charge is 2.36. The maximum Gasteiger partial charge on any atom is 0.212 e. The monoisotopic (exact) mass is 316 g/mol. The highest BCUT2D eigenvalue weighted by molar-refractivity contribution is 5.96. The lowest BCUT2D eigenvalue weighted by molar-refractivity contribution is 0.732. The highest BCUT2D eigenvalue weighted by Crippen LogP contribution is 2.51. The molecule has 0 spiro atoms. The Morgan fingerprint density at radius 3 is 2.50 bits per heavy atom. The van der Waals surface area contributed by atoms with E-state index in [1.54, 1.807) is 12.1 Å². The molecule has 0 amide bonds. The average Bonchev–Trinajstić information content (AvgIpc) is 2.82. The standard InChI is InChI=1S/C20H20N4/c1-12-9-13(2)14(3)18(10-12)24-15(4)23(6)19-16(11-21)7-8-17(22-5)20(19)24/h7-10,15H,1-4,6H3/t15-/m0/s1. The first-order chi connectivity index (χ1) is 11.4. The number of rotatable bonds is 1. The summed E-state index contributed by atoms with van der Waals surface area (Å²) in [6, 6.07) is 10.1. The minimum absolute atomic E-state index is 0.0369. The summed E-state index contributed by atoms with van der Waals surface area (Å²) < 4.78 is 0. The molecule has 0 N–H and O–H groups in total. The number of nitriles is 1. The van der Waals surface area contributed by atoms with Crippen LogP contribution in [0, 0.1) is 38.7 Å². The molecule has 3 rings (SSSR count). The number of aryl methyl sites for hydroxylation is 2. The molecular weight excluding hydrogens is 296 g/mol. The number of anilines is 3. The molecule has 0 unspecified atom stereocenters. The SMILES string of the molecule is [C-]#[N+]c1ccc(C#N)c2c1N(c1cc(C)cc(C)c1C)[C@@H](C)N2C. The molecule has 0 saturated carbocycles. The van der Waals surface area contributed by atoms with Crippen LogP contribution >= 0.6 is 0 Å². The molecule has 1 heterocycles. The van der Waals surface area contributed by atoms with E-state index in [1.807, 2.05) is 7.05 Å². The van der Waals surface area contributed by atoms with Gasteiger partial charge in [0.2, 0.25) is 5.69 Å². The molecule has 1 aliphatic rings. The van der Waals surface area contributed by atoms with Gasteiger partial charge in [0.25, 0.3) is 0 Å². The maximum absolute atomic E-state index is 9.50. The zero-order valence-corrected chi connectivity index (χ0v) is 14.7. The number of hydrogen-bond donors (Lipinski definition) is 0. The van der Waals surface area contributed by atoms with Crippen molar-refractivity contribution in [3.63, 3.8) is 0 Å². The Morgan fingerprint density at radius 1 is 1.17 bits per heavy atom. The van der Waals surface area contributed by atoms with E-state index in [4.69, 9.17) is 6.57 Å². The van der Waals surface area contributed by atoms with Crippen molar-refractivity contribution in [3.8, 4) is 6.07 Å². The van der Waals surface area contributed by atoms with E-state index in [9.17, 15) is 5.26 Å². The van der Waals surface area contributed by atoms with Crippen LogP contribution in [0.1, 0.15) is 29.2 Å². The fraction of sp³-hybridized carbons (Fsp3) is 0.300. The Kier molecular flexibility index (Phi) is 3.70. The van der Waals surface area contributed by atoms with Crippen LogP contribution in [0.3, 0.4) is 0 Å². The Balaban J connectivity index is 2.36. The van der Waals surface area contributed by atoms with Gasteiger partial charge in [0, 0.05) is 12.7 Å². The van der Waals surface area contributed by atoms with Gasteiger partial charge >= 0.3 is 0 Å². The minimum atomic E-state index is 0.0369. The van der Waals surface area contributed by atoms with E-state index in [-0.39, 0.29) is 6.17 Å². The zero-order chi connectivity index (χ0) is 17.6. The lowest BCUT2D eigenvalue weighted by Gasteiger charge is -2.30. The first-order valence-electron chi connectivity index (χ1n) is 7.95. The Hall–Kier alpha value is -2.98. The summed E-state index contributed by atoms with van der Waals surface area (Å²) >= 11 is 0. The summed E-state index contributed by atoms with van der Waals surface area (Å²) in [6.45, 7) is 16.0. The zero-order valence-electron chi connectivity index (χ0n) is 14.7. The fourth-order valence-electron chi connectivity index (χ4n) is 3.48. The second kappa shape index (κ2) is 5.58. The van der Waals surface area contributed by atoms with Crippen LogP contribution in [-0.4, -0.2) is 13.2 Å². The number of fused-ring (bicyclic) bond motifs is 1. The van der Waals surface area contributed by atoms with Crippen molar-refractivity contribution in [2.24, 2.45) is 0 Å². The molecule has 0 saturated heterocycles. The number of nitrogens with zero attached hydrogens (tertiary/aromatic N) is 4. The van der Waals surface area contributed by atoms with E-state index in [0.29, 0.717) is 11.3 Å². The van der Waals surface area contributed by atoms with Crippen LogP contribution in [0.2, 0.25) is 0 Å². The van der Waals surface area contributed by atoms with Crippen LogP contribution in [0.15, 0.2) is 24.3 Å². The summed E-state index contributed by atoms with van der Waals surface area (Å²) in [6.07, 6.45) is 0.0369. The second-order valence-corrected chi connectivity index (χ2v) is 6.39. The Morgan fingerprint density at radius 2 is 1.88 bits per heavy atom. The van der Waals surface area contributed by atoms with Gasteiger partial charge in [0.1, 0.15) is 12.2 Å². The predicted octanol–water partition coefficient (Wildman–Crippen LogP) is 4.97. The molecule has 1 atom stereocenters. The van der Waals surface area contributed by atoms with Crippen molar-refractivity contribution in [1.29, 1.82) is 5.26 Å². The van der Waals surface area contributed by atoms with Crippen LogP contribution in [-0.2, 0) is 0 Å². The first kappa shape index (κ1) is 15.9. The summed E-state index contributed by atoms with van der Waals surface area (Å²) in [5.74, 6) is 0. The molecule has 0 radical (unpaired) electrons.